The van der Waals surface area contributed by atoms with Crippen molar-refractivity contribution in [1.29, 1.82) is 0 Å². The Morgan fingerprint density at radius 3 is 2.72 bits per heavy atom. The van der Waals surface area contributed by atoms with Crippen LogP contribution >= 0.6 is 11.3 Å². The van der Waals surface area contributed by atoms with Crippen LogP contribution in [0, 0.1) is 12.8 Å². The molecule has 0 radical (unpaired) electrons. The van der Waals surface area contributed by atoms with Crippen LogP contribution in [0.25, 0.3) is 10.2 Å². The number of aromatic nitrogens is 2. The predicted molar refractivity (Wildman–Crippen MR) is 112 cm³/mol. The van der Waals surface area contributed by atoms with Crippen molar-refractivity contribution in [2.75, 3.05) is 50.8 Å². The third kappa shape index (κ3) is 4.67. The van der Waals surface area contributed by atoms with E-state index in [-0.39, 0.29) is 17.7 Å². The van der Waals surface area contributed by atoms with Gasteiger partial charge in [0.1, 0.15) is 17.0 Å². The van der Waals surface area contributed by atoms with Crippen LogP contribution in [-0.2, 0) is 14.3 Å². The molecule has 2 aliphatic rings. The first-order valence-electron chi connectivity index (χ1n) is 10.2. The highest BCUT2D eigenvalue weighted by molar-refractivity contribution is 7.18. The highest BCUT2D eigenvalue weighted by Crippen LogP contribution is 2.31. The van der Waals surface area contributed by atoms with Gasteiger partial charge in [-0.2, -0.15) is 0 Å². The number of morpholine rings is 1. The van der Waals surface area contributed by atoms with E-state index in [2.05, 4.69) is 33.2 Å². The van der Waals surface area contributed by atoms with Crippen molar-refractivity contribution in [2.45, 2.75) is 26.2 Å². The van der Waals surface area contributed by atoms with Crippen molar-refractivity contribution in [3.8, 4) is 0 Å². The molecule has 2 fully saturated rings. The Balaban J connectivity index is 1.24. The van der Waals surface area contributed by atoms with E-state index in [9.17, 15) is 9.59 Å². The van der Waals surface area contributed by atoms with Gasteiger partial charge in [0.25, 0.3) is 0 Å². The SMILES string of the molecule is Cc1cc2c(N3CCC(C(=O)NCCC(=O)N4CCOCC4)CC3)ncnc2s1. The molecule has 4 heterocycles. The summed E-state index contributed by atoms with van der Waals surface area (Å²) in [5.41, 5.74) is 0. The normalized spacial score (nSPS) is 18.2. The Labute approximate surface area is 174 Å². The minimum atomic E-state index is -0.00808. The fraction of sp³-hybridized carbons (Fsp3) is 0.600. The number of fused-ring (bicyclic) bond motifs is 1. The van der Waals surface area contributed by atoms with E-state index in [1.165, 1.54) is 4.88 Å². The molecular formula is C20H27N5O3S. The quantitative estimate of drug-likeness (QED) is 0.795. The van der Waals surface area contributed by atoms with Gasteiger partial charge in [0.05, 0.1) is 18.6 Å². The summed E-state index contributed by atoms with van der Waals surface area (Å²) in [4.78, 5) is 39.8. The number of aryl methyl sites for hydroxylation is 1. The maximum Gasteiger partial charge on any atom is 0.224 e. The summed E-state index contributed by atoms with van der Waals surface area (Å²) in [6.45, 7) is 6.56. The molecule has 156 valence electrons. The fourth-order valence-corrected chi connectivity index (χ4v) is 4.82. The molecule has 1 N–H and O–H groups in total. The molecule has 0 unspecified atom stereocenters. The molecule has 2 amide bonds. The first-order chi connectivity index (χ1) is 14.1. The molecule has 2 aliphatic heterocycles. The number of hydrogen-bond donors (Lipinski definition) is 1. The smallest absolute Gasteiger partial charge is 0.224 e. The van der Waals surface area contributed by atoms with Crippen LogP contribution in [-0.4, -0.2) is 72.6 Å². The summed E-state index contributed by atoms with van der Waals surface area (Å²) >= 11 is 1.68. The van der Waals surface area contributed by atoms with E-state index >= 15 is 0 Å². The molecular weight excluding hydrogens is 390 g/mol. The fourth-order valence-electron chi connectivity index (χ4n) is 3.98. The minimum Gasteiger partial charge on any atom is -0.378 e. The van der Waals surface area contributed by atoms with Gasteiger partial charge in [-0.15, -0.1) is 11.3 Å². The maximum absolute atomic E-state index is 12.5. The van der Waals surface area contributed by atoms with E-state index in [0.717, 1.165) is 42.0 Å². The lowest BCUT2D eigenvalue weighted by molar-refractivity contribution is -0.135. The van der Waals surface area contributed by atoms with Crippen molar-refractivity contribution in [3.05, 3.63) is 17.3 Å². The molecule has 0 spiro atoms. The van der Waals surface area contributed by atoms with E-state index in [4.69, 9.17) is 4.74 Å². The molecule has 2 aromatic heterocycles. The Hall–Kier alpha value is -2.26. The van der Waals surface area contributed by atoms with Crippen LogP contribution in [0.4, 0.5) is 5.82 Å². The molecule has 0 bridgehead atoms. The van der Waals surface area contributed by atoms with Gasteiger partial charge in [0.15, 0.2) is 0 Å². The maximum atomic E-state index is 12.5. The van der Waals surface area contributed by atoms with E-state index in [1.807, 2.05) is 4.90 Å². The second-order valence-electron chi connectivity index (χ2n) is 7.57. The third-order valence-corrected chi connectivity index (χ3v) is 6.56. The van der Waals surface area contributed by atoms with Crippen LogP contribution in [0.5, 0.6) is 0 Å². The number of carbonyl (C=O) groups is 2. The van der Waals surface area contributed by atoms with Gasteiger partial charge in [-0.25, -0.2) is 9.97 Å². The second-order valence-corrected chi connectivity index (χ2v) is 8.80. The Morgan fingerprint density at radius 1 is 1.21 bits per heavy atom. The predicted octanol–water partition coefficient (Wildman–Crippen LogP) is 1.58. The summed E-state index contributed by atoms with van der Waals surface area (Å²) in [7, 11) is 0. The highest BCUT2D eigenvalue weighted by Gasteiger charge is 2.27. The summed E-state index contributed by atoms with van der Waals surface area (Å²) in [5.74, 6) is 1.10. The number of nitrogens with zero attached hydrogens (tertiary/aromatic N) is 4. The van der Waals surface area contributed by atoms with Gasteiger partial charge in [0.2, 0.25) is 11.8 Å². The number of rotatable bonds is 5. The Kier molecular flexibility index (Phi) is 6.25. The molecule has 2 aromatic rings. The van der Waals surface area contributed by atoms with Gasteiger partial charge in [-0.1, -0.05) is 0 Å². The van der Waals surface area contributed by atoms with Crippen LogP contribution < -0.4 is 10.2 Å². The topological polar surface area (TPSA) is 87.7 Å². The average Bonchev–Trinajstić information content (AvgIpc) is 3.14. The monoisotopic (exact) mass is 417 g/mol. The number of anilines is 1. The van der Waals surface area contributed by atoms with E-state index in [1.54, 1.807) is 17.7 Å². The van der Waals surface area contributed by atoms with Crippen molar-refractivity contribution in [2.24, 2.45) is 5.92 Å². The van der Waals surface area contributed by atoms with E-state index < -0.39 is 0 Å². The first-order valence-corrected chi connectivity index (χ1v) is 11.0. The lowest BCUT2D eigenvalue weighted by Crippen LogP contribution is -2.43. The van der Waals surface area contributed by atoms with Crippen LogP contribution in [0.15, 0.2) is 12.4 Å². The molecule has 8 nitrogen and oxygen atoms in total. The number of thiophene rings is 1. The van der Waals surface area contributed by atoms with Crippen LogP contribution in [0.3, 0.4) is 0 Å². The lowest BCUT2D eigenvalue weighted by atomic mass is 9.95. The molecule has 4 rings (SSSR count). The number of carbonyl (C=O) groups excluding carboxylic acids is 2. The van der Waals surface area contributed by atoms with Gasteiger partial charge < -0.3 is 19.9 Å². The number of hydrogen-bond acceptors (Lipinski definition) is 7. The molecule has 0 aromatic carbocycles. The van der Waals surface area contributed by atoms with E-state index in [0.29, 0.717) is 39.3 Å². The Morgan fingerprint density at radius 2 is 1.97 bits per heavy atom. The minimum absolute atomic E-state index is 0.00808. The molecule has 9 heteroatoms. The van der Waals surface area contributed by atoms with Gasteiger partial charge in [-0.3, -0.25) is 9.59 Å². The molecule has 29 heavy (non-hydrogen) atoms. The number of piperidine rings is 1. The van der Waals surface area contributed by atoms with Crippen molar-refractivity contribution < 1.29 is 14.3 Å². The third-order valence-electron chi connectivity index (χ3n) is 5.60. The summed E-state index contributed by atoms with van der Waals surface area (Å²) in [6.07, 6.45) is 3.55. The van der Waals surface area contributed by atoms with Crippen molar-refractivity contribution in [1.82, 2.24) is 20.2 Å². The largest absolute Gasteiger partial charge is 0.378 e. The first kappa shape index (κ1) is 20.0. The average molecular weight is 418 g/mol. The zero-order valence-corrected chi connectivity index (χ0v) is 17.5. The summed E-state index contributed by atoms with van der Waals surface area (Å²) < 4.78 is 5.26. The standard InChI is InChI=1S/C20H27N5O3S/c1-14-12-16-18(22-13-23-20(16)29-14)25-6-3-15(4-7-25)19(27)21-5-2-17(26)24-8-10-28-11-9-24/h12-13,15H,2-11H2,1H3,(H,21,27). The Bertz CT molecular complexity index is 872. The molecule has 2 saturated heterocycles. The molecule has 0 aliphatic carbocycles. The summed E-state index contributed by atoms with van der Waals surface area (Å²) in [5, 5.41) is 4.05. The van der Waals surface area contributed by atoms with Gasteiger partial charge in [0, 0.05) is 49.9 Å². The second kappa shape index (κ2) is 9.04. The zero-order valence-electron chi connectivity index (χ0n) is 16.7. The van der Waals surface area contributed by atoms with Crippen LogP contribution in [0.1, 0.15) is 24.1 Å². The lowest BCUT2D eigenvalue weighted by Gasteiger charge is -2.32. The van der Waals surface area contributed by atoms with Gasteiger partial charge >= 0.3 is 0 Å². The van der Waals surface area contributed by atoms with Gasteiger partial charge in [-0.05, 0) is 25.8 Å². The van der Waals surface area contributed by atoms with Crippen molar-refractivity contribution >= 4 is 39.2 Å². The van der Waals surface area contributed by atoms with Crippen LogP contribution in [0.2, 0.25) is 0 Å². The molecule has 0 saturated carbocycles. The van der Waals surface area contributed by atoms with Crippen molar-refractivity contribution in [3.63, 3.8) is 0 Å². The number of amides is 2. The highest BCUT2D eigenvalue weighted by atomic mass is 32.1. The molecule has 0 atom stereocenters. The number of nitrogens with one attached hydrogen (secondary N) is 1. The number of ether oxygens (including phenoxy) is 1. The zero-order chi connectivity index (χ0) is 20.2. The summed E-state index contributed by atoms with van der Waals surface area (Å²) in [6, 6.07) is 2.14.